The van der Waals surface area contributed by atoms with Gasteiger partial charge in [-0.05, 0) is 37.8 Å². The third-order valence-corrected chi connectivity index (χ3v) is 4.06. The van der Waals surface area contributed by atoms with Gasteiger partial charge in [-0.1, -0.05) is 30.3 Å². The summed E-state index contributed by atoms with van der Waals surface area (Å²) < 4.78 is 0. The first-order valence-electron chi connectivity index (χ1n) is 8.01. The van der Waals surface area contributed by atoms with Crippen LogP contribution in [0.5, 0.6) is 0 Å². The monoisotopic (exact) mass is 343 g/mol. The minimum atomic E-state index is -0.930. The lowest BCUT2D eigenvalue weighted by Crippen LogP contribution is -2.40. The maximum atomic E-state index is 12.6. The first-order chi connectivity index (χ1) is 11.9. The molecule has 3 N–H and O–H groups in total. The van der Waals surface area contributed by atoms with E-state index >= 15 is 0 Å². The summed E-state index contributed by atoms with van der Waals surface area (Å²) in [7, 11) is 0. The topological polar surface area (TPSA) is 112 Å². The lowest BCUT2D eigenvalue weighted by Gasteiger charge is -2.19. The number of H-pyrrole nitrogens is 1. The molecule has 1 heterocycles. The quantitative estimate of drug-likeness (QED) is 0.707. The molecule has 2 aromatic rings. The Bertz CT molecular complexity index is 815. The van der Waals surface area contributed by atoms with Crippen LogP contribution in [0.2, 0.25) is 0 Å². The van der Waals surface area contributed by atoms with Gasteiger partial charge in [-0.25, -0.2) is 5.10 Å². The third kappa shape index (κ3) is 5.00. The molecule has 0 aliphatic rings. The number of amides is 1. The van der Waals surface area contributed by atoms with Crippen LogP contribution < -0.4 is 10.9 Å². The molecule has 1 atom stereocenters. The summed E-state index contributed by atoms with van der Waals surface area (Å²) in [4.78, 5) is 35.4. The number of benzene rings is 1. The molecular weight excluding hydrogens is 322 g/mol. The van der Waals surface area contributed by atoms with E-state index < -0.39 is 23.5 Å². The number of aliphatic carboxylic acids is 1. The van der Waals surface area contributed by atoms with E-state index in [1.54, 1.807) is 13.8 Å². The van der Waals surface area contributed by atoms with Crippen molar-refractivity contribution in [2.24, 2.45) is 0 Å². The zero-order valence-electron chi connectivity index (χ0n) is 14.2. The Labute approximate surface area is 145 Å². The van der Waals surface area contributed by atoms with Crippen molar-refractivity contribution in [1.29, 1.82) is 0 Å². The molecule has 1 amide bonds. The first-order valence-corrected chi connectivity index (χ1v) is 8.01. The molecular formula is C18H21N3O4. The van der Waals surface area contributed by atoms with Crippen LogP contribution in [-0.2, 0) is 11.2 Å². The number of nitrogens with zero attached hydrogens (tertiary/aromatic N) is 1. The van der Waals surface area contributed by atoms with Crippen LogP contribution in [0, 0.1) is 13.8 Å². The third-order valence-electron chi connectivity index (χ3n) is 4.06. The zero-order chi connectivity index (χ0) is 18.4. The van der Waals surface area contributed by atoms with Gasteiger partial charge < -0.3 is 10.4 Å². The van der Waals surface area contributed by atoms with Crippen LogP contribution in [0.3, 0.4) is 0 Å². The van der Waals surface area contributed by atoms with Crippen molar-refractivity contribution in [3.05, 3.63) is 63.1 Å². The van der Waals surface area contributed by atoms with Gasteiger partial charge in [0.2, 0.25) is 0 Å². The maximum absolute atomic E-state index is 12.6. The Hall–Kier alpha value is -2.96. The average molecular weight is 343 g/mol. The molecule has 132 valence electrons. The number of aromatic amines is 1. The molecule has 0 radical (unpaired) electrons. The van der Waals surface area contributed by atoms with E-state index in [1.807, 2.05) is 30.3 Å². The minimum absolute atomic E-state index is 0.0147. The van der Waals surface area contributed by atoms with Gasteiger partial charge >= 0.3 is 5.97 Å². The van der Waals surface area contributed by atoms with Crippen molar-refractivity contribution >= 4 is 11.9 Å². The molecule has 0 spiro atoms. The largest absolute Gasteiger partial charge is 0.481 e. The molecule has 1 aromatic carbocycles. The smallest absolute Gasteiger partial charge is 0.303 e. The van der Waals surface area contributed by atoms with Crippen LogP contribution in [-0.4, -0.2) is 33.2 Å². The van der Waals surface area contributed by atoms with Crippen molar-refractivity contribution in [1.82, 2.24) is 15.5 Å². The summed E-state index contributed by atoms with van der Waals surface area (Å²) in [5.74, 6) is -1.45. The normalized spacial score (nSPS) is 11.8. The van der Waals surface area contributed by atoms with Gasteiger partial charge in [-0.2, -0.15) is 5.10 Å². The maximum Gasteiger partial charge on any atom is 0.303 e. The van der Waals surface area contributed by atoms with Crippen LogP contribution in [0.4, 0.5) is 0 Å². The molecule has 7 nitrogen and oxygen atoms in total. The van der Waals surface area contributed by atoms with Crippen LogP contribution >= 0.6 is 0 Å². The molecule has 0 saturated carbocycles. The van der Waals surface area contributed by atoms with Crippen molar-refractivity contribution in [2.75, 3.05) is 0 Å². The highest BCUT2D eigenvalue weighted by Gasteiger charge is 2.20. The summed E-state index contributed by atoms with van der Waals surface area (Å²) in [5, 5.41) is 17.9. The van der Waals surface area contributed by atoms with Gasteiger partial charge in [0.15, 0.2) is 0 Å². The number of nitrogens with one attached hydrogen (secondary N) is 2. The fraction of sp³-hybridized carbons (Fsp3) is 0.333. The Morgan fingerprint density at radius 2 is 1.92 bits per heavy atom. The molecule has 0 fully saturated rings. The Kier molecular flexibility index (Phi) is 6.05. The van der Waals surface area contributed by atoms with Crippen molar-refractivity contribution in [3.63, 3.8) is 0 Å². The zero-order valence-corrected chi connectivity index (χ0v) is 14.2. The number of aromatic nitrogens is 2. The average Bonchev–Trinajstić information content (AvgIpc) is 2.57. The van der Waals surface area contributed by atoms with Crippen LogP contribution in [0.15, 0.2) is 35.1 Å². The number of carbonyl (C=O) groups is 2. The molecule has 1 aromatic heterocycles. The standard InChI is InChI=1S/C18H21N3O4/c1-11-12(2)20-21-18(25)16(11)17(24)19-14(8-9-15(22)23)10-13-6-4-3-5-7-13/h3-7,14H,8-10H2,1-2H3,(H,19,24)(H,21,25)(H,22,23). The predicted octanol–water partition coefficient (Wildman–Crippen LogP) is 1.59. The molecule has 25 heavy (non-hydrogen) atoms. The molecule has 0 bridgehead atoms. The molecule has 0 aliphatic carbocycles. The lowest BCUT2D eigenvalue weighted by atomic mass is 10.0. The summed E-state index contributed by atoms with van der Waals surface area (Å²) >= 11 is 0. The van der Waals surface area contributed by atoms with E-state index in [2.05, 4.69) is 15.5 Å². The van der Waals surface area contributed by atoms with Crippen molar-refractivity contribution in [2.45, 2.75) is 39.2 Å². The Morgan fingerprint density at radius 3 is 2.56 bits per heavy atom. The van der Waals surface area contributed by atoms with E-state index in [0.717, 1.165) is 5.56 Å². The second-order valence-corrected chi connectivity index (χ2v) is 5.93. The van der Waals surface area contributed by atoms with E-state index in [0.29, 0.717) is 17.7 Å². The predicted molar refractivity (Wildman–Crippen MR) is 92.6 cm³/mol. The van der Waals surface area contributed by atoms with Gasteiger partial charge in [0.1, 0.15) is 5.56 Å². The number of carbonyl (C=O) groups excluding carboxylic acids is 1. The van der Waals surface area contributed by atoms with Gasteiger partial charge in [-0.15, -0.1) is 0 Å². The Morgan fingerprint density at radius 1 is 1.24 bits per heavy atom. The van der Waals surface area contributed by atoms with Gasteiger partial charge in [0.05, 0.1) is 5.69 Å². The van der Waals surface area contributed by atoms with Crippen LogP contribution in [0.25, 0.3) is 0 Å². The van der Waals surface area contributed by atoms with E-state index in [9.17, 15) is 14.4 Å². The summed E-state index contributed by atoms with van der Waals surface area (Å²) in [6, 6.07) is 9.08. The van der Waals surface area contributed by atoms with E-state index in [-0.39, 0.29) is 18.4 Å². The first kappa shape index (κ1) is 18.4. The highest BCUT2D eigenvalue weighted by molar-refractivity contribution is 5.95. The lowest BCUT2D eigenvalue weighted by molar-refractivity contribution is -0.137. The van der Waals surface area contributed by atoms with Crippen LogP contribution in [0.1, 0.15) is 40.0 Å². The van der Waals surface area contributed by atoms with E-state index in [1.165, 1.54) is 0 Å². The molecule has 0 aliphatic heterocycles. The molecule has 2 rings (SSSR count). The summed E-state index contributed by atoms with van der Waals surface area (Å²) in [6.07, 6.45) is 0.695. The van der Waals surface area contributed by atoms with Gasteiger partial charge in [-0.3, -0.25) is 14.4 Å². The molecule has 1 unspecified atom stereocenters. The van der Waals surface area contributed by atoms with Gasteiger partial charge in [0.25, 0.3) is 11.5 Å². The Balaban J connectivity index is 2.20. The second kappa shape index (κ2) is 8.23. The minimum Gasteiger partial charge on any atom is -0.481 e. The molecule has 7 heteroatoms. The highest BCUT2D eigenvalue weighted by atomic mass is 16.4. The fourth-order valence-electron chi connectivity index (χ4n) is 2.58. The second-order valence-electron chi connectivity index (χ2n) is 5.93. The van der Waals surface area contributed by atoms with Crippen molar-refractivity contribution in [3.8, 4) is 0 Å². The van der Waals surface area contributed by atoms with Crippen molar-refractivity contribution < 1.29 is 14.7 Å². The SMILES string of the molecule is Cc1n[nH]c(=O)c(C(=O)NC(CCC(=O)O)Cc2ccccc2)c1C. The summed E-state index contributed by atoms with van der Waals surface area (Å²) in [6.45, 7) is 3.36. The van der Waals surface area contributed by atoms with Gasteiger partial charge in [0, 0.05) is 12.5 Å². The molecule has 0 saturated heterocycles. The number of hydrogen-bond acceptors (Lipinski definition) is 4. The number of aryl methyl sites for hydroxylation is 1. The number of rotatable bonds is 7. The number of carboxylic acids is 1. The number of hydrogen-bond donors (Lipinski definition) is 3. The van der Waals surface area contributed by atoms with E-state index in [4.69, 9.17) is 5.11 Å². The highest BCUT2D eigenvalue weighted by Crippen LogP contribution is 2.10. The summed E-state index contributed by atoms with van der Waals surface area (Å²) in [5.41, 5.74) is 1.51. The fourth-order valence-corrected chi connectivity index (χ4v) is 2.58. The number of carboxylic acid groups (broad SMARTS) is 1.